The van der Waals surface area contributed by atoms with Gasteiger partial charge in [-0.15, -0.1) is 0 Å². The second-order valence-electron chi connectivity index (χ2n) is 3.22. The molecule has 2 unspecified atom stereocenters. The minimum absolute atomic E-state index is 0.0769. The van der Waals surface area contributed by atoms with Crippen molar-refractivity contribution in [3.63, 3.8) is 0 Å². The second-order valence-corrected chi connectivity index (χ2v) is 3.22. The molecule has 12 heavy (non-hydrogen) atoms. The molecule has 3 heteroatoms. The summed E-state index contributed by atoms with van der Waals surface area (Å²) in [6.07, 6.45) is 1.04. The van der Waals surface area contributed by atoms with Crippen LogP contribution in [0.25, 0.3) is 0 Å². The van der Waals surface area contributed by atoms with Gasteiger partial charge in [0, 0.05) is 18.9 Å². The lowest BCUT2D eigenvalue weighted by Gasteiger charge is -2.15. The minimum Gasteiger partial charge on any atom is -0.396 e. The molecule has 0 fully saturated rings. The van der Waals surface area contributed by atoms with Crippen LogP contribution in [0.5, 0.6) is 0 Å². The fourth-order valence-electron chi connectivity index (χ4n) is 1.16. The Bertz CT molecular complexity index is 134. The van der Waals surface area contributed by atoms with E-state index in [1.807, 2.05) is 6.92 Å². The molecule has 0 saturated heterocycles. The number of carbonyl (C=O) groups is 1. The lowest BCUT2D eigenvalue weighted by molar-refractivity contribution is -0.124. The van der Waals surface area contributed by atoms with E-state index in [0.29, 0.717) is 12.8 Å². The first-order chi connectivity index (χ1) is 5.65. The van der Waals surface area contributed by atoms with Crippen LogP contribution in [-0.4, -0.2) is 29.2 Å². The number of aliphatic hydroxyl groups excluding tert-OH is 2. The van der Waals surface area contributed by atoms with Gasteiger partial charge in [0.2, 0.25) is 0 Å². The fraction of sp³-hybridized carbons (Fsp3) is 0.889. The molecule has 0 rings (SSSR count). The molecular formula is C9H18O3. The number of aliphatic hydroxyl groups is 2. The van der Waals surface area contributed by atoms with Gasteiger partial charge in [0.1, 0.15) is 5.78 Å². The molecule has 0 aliphatic heterocycles. The molecule has 0 heterocycles. The summed E-state index contributed by atoms with van der Waals surface area (Å²) in [4.78, 5) is 11.2. The lowest BCUT2D eigenvalue weighted by Crippen LogP contribution is -2.21. The van der Waals surface area contributed by atoms with E-state index in [-0.39, 0.29) is 30.8 Å². The standard InChI is InChI=1S/C9H18O3/c1-3-9(12)8(6-11)4-7(2)5-10/h7-8,10-11H,3-6H2,1-2H3. The Hall–Kier alpha value is -0.410. The van der Waals surface area contributed by atoms with Gasteiger partial charge in [0.25, 0.3) is 0 Å². The molecular weight excluding hydrogens is 156 g/mol. The maximum Gasteiger partial charge on any atom is 0.138 e. The summed E-state index contributed by atoms with van der Waals surface area (Å²) in [5.74, 6) is -0.104. The van der Waals surface area contributed by atoms with Crippen molar-refractivity contribution in [2.24, 2.45) is 11.8 Å². The maximum absolute atomic E-state index is 11.2. The SMILES string of the molecule is CCC(=O)C(CO)CC(C)CO. The van der Waals surface area contributed by atoms with Crippen LogP contribution in [0.2, 0.25) is 0 Å². The van der Waals surface area contributed by atoms with E-state index < -0.39 is 0 Å². The van der Waals surface area contributed by atoms with Crippen LogP contribution < -0.4 is 0 Å². The minimum atomic E-state index is -0.280. The number of rotatable bonds is 6. The first kappa shape index (κ1) is 11.6. The van der Waals surface area contributed by atoms with E-state index in [1.54, 1.807) is 6.92 Å². The average molecular weight is 174 g/mol. The van der Waals surface area contributed by atoms with Crippen molar-refractivity contribution in [3.05, 3.63) is 0 Å². The summed E-state index contributed by atoms with van der Waals surface area (Å²) in [5, 5.41) is 17.6. The maximum atomic E-state index is 11.2. The molecule has 0 aliphatic rings. The van der Waals surface area contributed by atoms with Crippen molar-refractivity contribution in [1.29, 1.82) is 0 Å². The van der Waals surface area contributed by atoms with Gasteiger partial charge in [-0.1, -0.05) is 13.8 Å². The van der Waals surface area contributed by atoms with Crippen molar-refractivity contribution < 1.29 is 15.0 Å². The highest BCUT2D eigenvalue weighted by molar-refractivity contribution is 5.80. The van der Waals surface area contributed by atoms with Gasteiger partial charge >= 0.3 is 0 Å². The quantitative estimate of drug-likeness (QED) is 0.619. The van der Waals surface area contributed by atoms with Crippen molar-refractivity contribution in [1.82, 2.24) is 0 Å². The van der Waals surface area contributed by atoms with Crippen molar-refractivity contribution in [2.45, 2.75) is 26.7 Å². The first-order valence-corrected chi connectivity index (χ1v) is 4.40. The van der Waals surface area contributed by atoms with Crippen LogP contribution in [0, 0.1) is 11.8 Å². The Morgan fingerprint density at radius 2 is 1.92 bits per heavy atom. The Morgan fingerprint density at radius 1 is 1.33 bits per heavy atom. The Morgan fingerprint density at radius 3 is 2.25 bits per heavy atom. The Balaban J connectivity index is 3.90. The Kier molecular flexibility index (Phi) is 5.93. The molecule has 0 aromatic rings. The summed E-state index contributed by atoms with van der Waals surface area (Å²) in [6.45, 7) is 3.63. The highest BCUT2D eigenvalue weighted by atomic mass is 16.3. The first-order valence-electron chi connectivity index (χ1n) is 4.40. The van der Waals surface area contributed by atoms with Gasteiger partial charge < -0.3 is 10.2 Å². The number of Topliss-reactive ketones (excluding diaryl/α,β-unsaturated/α-hetero) is 1. The van der Waals surface area contributed by atoms with Gasteiger partial charge in [-0.25, -0.2) is 0 Å². The van der Waals surface area contributed by atoms with E-state index in [2.05, 4.69) is 0 Å². The topological polar surface area (TPSA) is 57.5 Å². The zero-order chi connectivity index (χ0) is 9.56. The molecule has 0 amide bonds. The number of hydrogen-bond donors (Lipinski definition) is 2. The molecule has 0 aromatic heterocycles. The predicted molar refractivity (Wildman–Crippen MR) is 46.7 cm³/mol. The molecule has 72 valence electrons. The van der Waals surface area contributed by atoms with Crippen molar-refractivity contribution in [2.75, 3.05) is 13.2 Å². The number of hydrogen-bond acceptors (Lipinski definition) is 3. The molecule has 0 bridgehead atoms. The van der Waals surface area contributed by atoms with Gasteiger partial charge in [0.15, 0.2) is 0 Å². The van der Waals surface area contributed by atoms with Gasteiger partial charge in [-0.3, -0.25) is 4.79 Å². The molecule has 0 spiro atoms. The van der Waals surface area contributed by atoms with Crippen LogP contribution in [-0.2, 0) is 4.79 Å². The molecule has 0 aliphatic carbocycles. The third-order valence-corrected chi connectivity index (χ3v) is 2.02. The normalized spacial score (nSPS) is 15.7. The molecule has 2 N–H and O–H groups in total. The summed E-state index contributed by atoms with van der Waals surface area (Å²) >= 11 is 0. The third-order valence-electron chi connectivity index (χ3n) is 2.02. The van der Waals surface area contributed by atoms with Crippen LogP contribution in [0.3, 0.4) is 0 Å². The van der Waals surface area contributed by atoms with Crippen LogP contribution in [0.4, 0.5) is 0 Å². The number of ketones is 1. The van der Waals surface area contributed by atoms with E-state index in [1.165, 1.54) is 0 Å². The zero-order valence-electron chi connectivity index (χ0n) is 7.79. The van der Waals surface area contributed by atoms with E-state index in [9.17, 15) is 4.79 Å². The Labute approximate surface area is 73.4 Å². The third kappa shape index (κ3) is 3.83. The molecule has 3 nitrogen and oxygen atoms in total. The van der Waals surface area contributed by atoms with Crippen LogP contribution in [0.1, 0.15) is 26.7 Å². The van der Waals surface area contributed by atoms with E-state index >= 15 is 0 Å². The van der Waals surface area contributed by atoms with Crippen molar-refractivity contribution in [3.8, 4) is 0 Å². The molecule has 2 atom stereocenters. The van der Waals surface area contributed by atoms with Gasteiger partial charge in [-0.2, -0.15) is 0 Å². The summed E-state index contributed by atoms with van der Waals surface area (Å²) < 4.78 is 0. The van der Waals surface area contributed by atoms with Gasteiger partial charge in [0.05, 0.1) is 6.61 Å². The van der Waals surface area contributed by atoms with E-state index in [4.69, 9.17) is 10.2 Å². The highest BCUT2D eigenvalue weighted by Crippen LogP contribution is 2.13. The average Bonchev–Trinajstić information content (AvgIpc) is 2.12. The van der Waals surface area contributed by atoms with Crippen LogP contribution >= 0.6 is 0 Å². The summed E-state index contributed by atoms with van der Waals surface area (Å²) in [7, 11) is 0. The molecule has 0 saturated carbocycles. The lowest BCUT2D eigenvalue weighted by atomic mass is 9.92. The van der Waals surface area contributed by atoms with E-state index in [0.717, 1.165) is 0 Å². The second kappa shape index (κ2) is 6.14. The number of carbonyl (C=O) groups excluding carboxylic acids is 1. The smallest absolute Gasteiger partial charge is 0.138 e. The zero-order valence-corrected chi connectivity index (χ0v) is 7.79. The largest absolute Gasteiger partial charge is 0.396 e. The highest BCUT2D eigenvalue weighted by Gasteiger charge is 2.17. The molecule has 0 radical (unpaired) electrons. The predicted octanol–water partition coefficient (Wildman–Crippen LogP) is 0.593. The van der Waals surface area contributed by atoms with Gasteiger partial charge in [-0.05, 0) is 12.3 Å². The molecule has 0 aromatic carbocycles. The summed E-state index contributed by atoms with van der Waals surface area (Å²) in [6, 6.07) is 0. The fourth-order valence-corrected chi connectivity index (χ4v) is 1.16. The van der Waals surface area contributed by atoms with Crippen LogP contribution in [0.15, 0.2) is 0 Å². The van der Waals surface area contributed by atoms with Crippen molar-refractivity contribution >= 4 is 5.78 Å². The summed E-state index contributed by atoms with van der Waals surface area (Å²) in [5.41, 5.74) is 0. The monoisotopic (exact) mass is 174 g/mol.